The average molecular weight is 218 g/mol. The van der Waals surface area contributed by atoms with Crippen molar-refractivity contribution in [2.24, 2.45) is 5.73 Å². The molecule has 0 rings (SSSR count). The van der Waals surface area contributed by atoms with Crippen LogP contribution in [0.3, 0.4) is 0 Å². The number of aliphatic carboxylic acids is 1. The van der Waals surface area contributed by atoms with E-state index in [-0.39, 0.29) is 6.54 Å². The van der Waals surface area contributed by atoms with Crippen molar-refractivity contribution >= 4 is 11.9 Å². The van der Waals surface area contributed by atoms with Gasteiger partial charge < -0.3 is 20.8 Å². The summed E-state index contributed by atoms with van der Waals surface area (Å²) >= 11 is 0. The summed E-state index contributed by atoms with van der Waals surface area (Å²) in [4.78, 5) is 23.4. The Morgan fingerprint density at radius 1 is 1.40 bits per heavy atom. The van der Waals surface area contributed by atoms with Gasteiger partial charge in [0, 0.05) is 5.54 Å². The van der Waals surface area contributed by atoms with Crippen LogP contribution >= 0.6 is 0 Å². The van der Waals surface area contributed by atoms with Crippen LogP contribution in [0.1, 0.15) is 20.8 Å². The Morgan fingerprint density at radius 3 is 2.07 bits per heavy atom. The Bertz CT molecular complexity index is 247. The molecule has 1 amide bonds. The Hall–Kier alpha value is -1.14. The van der Waals surface area contributed by atoms with E-state index in [9.17, 15) is 9.59 Å². The standard InChI is InChI=1S/C9H18N2O4/c1-9(2,3)11(7(13)4-10)6(5-12)8(14)15/h6,12H,4-5,10H2,1-3H3,(H,14,15)/t6-/m0/s1. The van der Waals surface area contributed by atoms with Gasteiger partial charge >= 0.3 is 5.97 Å². The Balaban J connectivity index is 5.08. The molecular weight excluding hydrogens is 200 g/mol. The first-order valence-electron chi connectivity index (χ1n) is 4.61. The fourth-order valence-corrected chi connectivity index (χ4v) is 1.38. The van der Waals surface area contributed by atoms with Crippen LogP contribution in [0.4, 0.5) is 0 Å². The first-order valence-corrected chi connectivity index (χ1v) is 4.61. The van der Waals surface area contributed by atoms with Crippen molar-refractivity contribution in [2.45, 2.75) is 32.4 Å². The maximum absolute atomic E-state index is 11.5. The predicted molar refractivity (Wildman–Crippen MR) is 54.2 cm³/mol. The van der Waals surface area contributed by atoms with Gasteiger partial charge in [-0.1, -0.05) is 0 Å². The fourth-order valence-electron chi connectivity index (χ4n) is 1.38. The van der Waals surface area contributed by atoms with Gasteiger partial charge in [0.1, 0.15) is 0 Å². The number of carboxylic acids is 1. The normalized spacial score (nSPS) is 13.4. The van der Waals surface area contributed by atoms with Crippen molar-refractivity contribution in [1.29, 1.82) is 0 Å². The molecule has 0 radical (unpaired) electrons. The molecule has 1 atom stereocenters. The number of amides is 1. The Labute approximate surface area is 88.7 Å². The number of hydrogen-bond acceptors (Lipinski definition) is 4. The van der Waals surface area contributed by atoms with E-state index >= 15 is 0 Å². The number of nitrogens with two attached hydrogens (primary N) is 1. The van der Waals surface area contributed by atoms with Gasteiger partial charge in [0.15, 0.2) is 6.04 Å². The smallest absolute Gasteiger partial charge is 0.328 e. The second kappa shape index (κ2) is 5.09. The summed E-state index contributed by atoms with van der Waals surface area (Å²) in [5.74, 6) is -1.74. The van der Waals surface area contributed by atoms with Crippen LogP contribution in [0.25, 0.3) is 0 Å². The minimum atomic E-state index is -1.25. The van der Waals surface area contributed by atoms with Gasteiger partial charge in [0.2, 0.25) is 5.91 Å². The zero-order chi connectivity index (χ0) is 12.2. The number of hydrogen-bond donors (Lipinski definition) is 3. The summed E-state index contributed by atoms with van der Waals surface area (Å²) in [5.41, 5.74) is 4.50. The van der Waals surface area contributed by atoms with E-state index in [1.165, 1.54) is 0 Å². The zero-order valence-corrected chi connectivity index (χ0v) is 9.23. The summed E-state index contributed by atoms with van der Waals surface area (Å²) in [5, 5.41) is 17.8. The molecule has 15 heavy (non-hydrogen) atoms. The third-order valence-corrected chi connectivity index (χ3v) is 1.94. The number of carbonyl (C=O) groups excluding carboxylic acids is 1. The summed E-state index contributed by atoms with van der Waals surface area (Å²) in [6, 6.07) is -1.25. The number of aliphatic hydroxyl groups excluding tert-OH is 1. The minimum absolute atomic E-state index is 0.277. The lowest BCUT2D eigenvalue weighted by molar-refractivity contribution is -0.156. The predicted octanol–water partition coefficient (Wildman–Crippen LogP) is -0.982. The molecule has 0 heterocycles. The van der Waals surface area contributed by atoms with Gasteiger partial charge in [-0.2, -0.15) is 0 Å². The number of carboxylic acid groups (broad SMARTS) is 1. The van der Waals surface area contributed by atoms with Gasteiger partial charge in [-0.15, -0.1) is 0 Å². The highest BCUT2D eigenvalue weighted by Gasteiger charge is 2.36. The fraction of sp³-hybridized carbons (Fsp3) is 0.778. The van der Waals surface area contributed by atoms with Crippen molar-refractivity contribution in [3.05, 3.63) is 0 Å². The van der Waals surface area contributed by atoms with E-state index in [1.54, 1.807) is 20.8 Å². The quantitative estimate of drug-likeness (QED) is 0.562. The second-order valence-electron chi connectivity index (χ2n) is 4.18. The molecule has 6 nitrogen and oxygen atoms in total. The van der Waals surface area contributed by atoms with Crippen LogP contribution in [0.15, 0.2) is 0 Å². The third-order valence-electron chi connectivity index (χ3n) is 1.94. The maximum atomic E-state index is 11.5. The van der Waals surface area contributed by atoms with E-state index in [2.05, 4.69) is 0 Å². The molecule has 4 N–H and O–H groups in total. The molecule has 0 saturated carbocycles. The largest absolute Gasteiger partial charge is 0.480 e. The molecule has 0 bridgehead atoms. The van der Waals surface area contributed by atoms with Gasteiger partial charge in [-0.25, -0.2) is 4.79 Å². The van der Waals surface area contributed by atoms with Crippen LogP contribution in [0.5, 0.6) is 0 Å². The molecule has 0 spiro atoms. The van der Waals surface area contributed by atoms with Crippen molar-refractivity contribution in [2.75, 3.05) is 13.2 Å². The highest BCUT2D eigenvalue weighted by molar-refractivity contribution is 5.85. The van der Waals surface area contributed by atoms with Gasteiger partial charge in [-0.3, -0.25) is 4.79 Å². The Morgan fingerprint density at radius 2 is 1.87 bits per heavy atom. The molecule has 0 aliphatic rings. The van der Waals surface area contributed by atoms with Crippen LogP contribution in [-0.4, -0.2) is 51.7 Å². The lowest BCUT2D eigenvalue weighted by atomic mass is 10.0. The summed E-state index contributed by atoms with van der Waals surface area (Å²) in [7, 11) is 0. The van der Waals surface area contributed by atoms with Crippen molar-refractivity contribution < 1.29 is 19.8 Å². The lowest BCUT2D eigenvalue weighted by Crippen LogP contribution is -2.57. The van der Waals surface area contributed by atoms with Gasteiger partial charge in [0.25, 0.3) is 0 Å². The van der Waals surface area contributed by atoms with Crippen molar-refractivity contribution in [3.63, 3.8) is 0 Å². The van der Waals surface area contributed by atoms with Crippen LogP contribution < -0.4 is 5.73 Å². The summed E-state index contributed by atoms with van der Waals surface area (Å²) in [6.45, 7) is 4.16. The maximum Gasteiger partial charge on any atom is 0.328 e. The summed E-state index contributed by atoms with van der Waals surface area (Å²) < 4.78 is 0. The summed E-state index contributed by atoms with van der Waals surface area (Å²) in [6.07, 6.45) is 0. The van der Waals surface area contributed by atoms with E-state index in [0.717, 1.165) is 4.90 Å². The molecule has 0 aliphatic carbocycles. The highest BCUT2D eigenvalue weighted by atomic mass is 16.4. The highest BCUT2D eigenvalue weighted by Crippen LogP contribution is 2.17. The molecule has 0 saturated heterocycles. The average Bonchev–Trinajstić information content (AvgIpc) is 2.10. The van der Waals surface area contributed by atoms with Crippen LogP contribution in [0, 0.1) is 0 Å². The molecule has 0 unspecified atom stereocenters. The van der Waals surface area contributed by atoms with Crippen LogP contribution in [0.2, 0.25) is 0 Å². The monoisotopic (exact) mass is 218 g/mol. The molecule has 0 aromatic rings. The Kier molecular flexibility index (Phi) is 4.70. The van der Waals surface area contributed by atoms with E-state index in [4.69, 9.17) is 15.9 Å². The van der Waals surface area contributed by atoms with E-state index in [0.29, 0.717) is 0 Å². The minimum Gasteiger partial charge on any atom is -0.480 e. The van der Waals surface area contributed by atoms with Crippen molar-refractivity contribution in [1.82, 2.24) is 4.90 Å². The number of carbonyl (C=O) groups is 2. The SMILES string of the molecule is CC(C)(C)N(C(=O)CN)[C@@H](CO)C(=O)O. The third kappa shape index (κ3) is 3.49. The van der Waals surface area contributed by atoms with E-state index < -0.39 is 30.1 Å². The molecular formula is C9H18N2O4. The van der Waals surface area contributed by atoms with Crippen molar-refractivity contribution in [3.8, 4) is 0 Å². The van der Waals surface area contributed by atoms with Crippen LogP contribution in [-0.2, 0) is 9.59 Å². The van der Waals surface area contributed by atoms with Gasteiger partial charge in [0.05, 0.1) is 13.2 Å². The molecule has 0 aliphatic heterocycles. The second-order valence-corrected chi connectivity index (χ2v) is 4.18. The molecule has 0 aromatic heterocycles. The first kappa shape index (κ1) is 13.9. The molecule has 6 heteroatoms. The number of aliphatic hydroxyl groups is 1. The van der Waals surface area contributed by atoms with E-state index in [1.807, 2.05) is 0 Å². The molecule has 0 fully saturated rings. The molecule has 88 valence electrons. The van der Waals surface area contributed by atoms with Gasteiger partial charge in [-0.05, 0) is 20.8 Å². The number of rotatable bonds is 4. The topological polar surface area (TPSA) is 104 Å². The zero-order valence-electron chi connectivity index (χ0n) is 9.23. The number of nitrogens with zero attached hydrogens (tertiary/aromatic N) is 1. The first-order chi connectivity index (χ1) is 6.75. The lowest BCUT2D eigenvalue weighted by Gasteiger charge is -2.39. The molecule has 0 aromatic carbocycles.